The molecule has 0 aliphatic heterocycles. The second kappa shape index (κ2) is 14.0. The van der Waals surface area contributed by atoms with Crippen molar-refractivity contribution in [2.75, 3.05) is 37.9 Å². The van der Waals surface area contributed by atoms with Crippen molar-refractivity contribution in [3.63, 3.8) is 0 Å². The van der Waals surface area contributed by atoms with Gasteiger partial charge in [-0.3, -0.25) is 9.69 Å². The molecule has 3 N–H and O–H groups in total. The number of carbonyl (C=O) groups excluding carboxylic acids is 2. The van der Waals surface area contributed by atoms with E-state index in [1.165, 1.54) is 19.5 Å². The smallest absolute Gasteiger partial charge is 0.411 e. The Labute approximate surface area is 235 Å². The molecule has 2 rings (SSSR count). The van der Waals surface area contributed by atoms with Gasteiger partial charge in [0.1, 0.15) is 10.8 Å². The van der Waals surface area contributed by atoms with Crippen molar-refractivity contribution in [3.8, 4) is 24.2 Å². The van der Waals surface area contributed by atoms with E-state index in [1.54, 1.807) is 20.8 Å². The number of hydrogen-bond acceptors (Lipinski definition) is 8. The summed E-state index contributed by atoms with van der Waals surface area (Å²) in [6.07, 6.45) is 8.67. The molecule has 0 aliphatic rings. The van der Waals surface area contributed by atoms with Gasteiger partial charge in [0.15, 0.2) is 6.04 Å². The summed E-state index contributed by atoms with van der Waals surface area (Å²) < 4.78 is 5.26. The van der Waals surface area contributed by atoms with Gasteiger partial charge in [-0.05, 0) is 45.4 Å². The molecule has 0 fully saturated rings. The Morgan fingerprint density at radius 2 is 2.00 bits per heavy atom. The lowest BCUT2D eigenvalue weighted by Gasteiger charge is -2.27. The lowest BCUT2D eigenvalue weighted by Crippen LogP contribution is -2.48. The molecular weight excluding hydrogens is 518 g/mol. The van der Waals surface area contributed by atoms with Gasteiger partial charge in [0.05, 0.1) is 5.56 Å². The average Bonchev–Trinajstić information content (AvgIpc) is 2.86. The normalized spacial score (nSPS) is 11.2. The molecule has 0 radical (unpaired) electrons. The van der Waals surface area contributed by atoms with Gasteiger partial charge in [0, 0.05) is 63.5 Å². The van der Waals surface area contributed by atoms with Crippen molar-refractivity contribution < 1.29 is 14.3 Å². The topological polar surface area (TPSA) is 124 Å². The van der Waals surface area contributed by atoms with E-state index in [1.807, 2.05) is 37.2 Å². The maximum atomic E-state index is 12.4. The van der Waals surface area contributed by atoms with Gasteiger partial charge in [-0.15, -0.1) is 6.42 Å². The lowest BCUT2D eigenvalue weighted by atomic mass is 10.1. The van der Waals surface area contributed by atoms with Gasteiger partial charge in [0.2, 0.25) is 5.95 Å². The van der Waals surface area contributed by atoms with E-state index in [0.717, 1.165) is 21.8 Å². The van der Waals surface area contributed by atoms with Crippen LogP contribution in [0.2, 0.25) is 5.15 Å². The minimum Gasteiger partial charge on any atom is -0.444 e. The van der Waals surface area contributed by atoms with E-state index in [4.69, 9.17) is 28.2 Å². The Kier molecular flexibility index (Phi) is 11.1. The number of nitrogens with zero attached hydrogens (tertiary/aromatic N) is 4. The first-order valence-corrected chi connectivity index (χ1v) is 12.5. The number of anilines is 3. The van der Waals surface area contributed by atoms with Crippen molar-refractivity contribution in [2.45, 2.75) is 45.3 Å². The number of terminal acetylenes is 1. The third-order valence-electron chi connectivity index (χ3n) is 5.14. The molecule has 1 heterocycles. The second-order valence-electron chi connectivity index (χ2n) is 9.69. The Morgan fingerprint density at radius 1 is 1.28 bits per heavy atom. The molecule has 11 heteroatoms. The van der Waals surface area contributed by atoms with Gasteiger partial charge in [0.25, 0.3) is 5.91 Å². The van der Waals surface area contributed by atoms with Gasteiger partial charge in [-0.2, -0.15) is 4.98 Å². The summed E-state index contributed by atoms with van der Waals surface area (Å²) in [5, 5.41) is 13.6. The highest BCUT2D eigenvalue weighted by Crippen LogP contribution is 2.24. The fourth-order valence-electron chi connectivity index (χ4n) is 3.21. The van der Waals surface area contributed by atoms with Crippen LogP contribution in [-0.4, -0.2) is 72.4 Å². The molecule has 0 aliphatic carbocycles. The predicted molar refractivity (Wildman–Crippen MR) is 155 cm³/mol. The maximum absolute atomic E-state index is 12.4. The highest BCUT2D eigenvalue weighted by molar-refractivity contribution is 6.30. The van der Waals surface area contributed by atoms with Gasteiger partial charge in [-0.25, -0.2) is 9.78 Å². The third-order valence-corrected chi connectivity index (χ3v) is 5.43. The maximum Gasteiger partial charge on any atom is 0.411 e. The molecule has 1 atom stereocenters. The molecule has 0 unspecified atom stereocenters. The summed E-state index contributed by atoms with van der Waals surface area (Å²) in [6, 6.07) is 4.47. The Balaban J connectivity index is 1.89. The molecule has 2 amide bonds. The summed E-state index contributed by atoms with van der Waals surface area (Å²) >= 11 is 6.30. The van der Waals surface area contributed by atoms with Crippen LogP contribution in [0.4, 0.5) is 22.1 Å². The molecule has 0 spiro atoms. The van der Waals surface area contributed by atoms with E-state index in [0.29, 0.717) is 30.9 Å². The molecule has 1 aromatic carbocycles. The number of carbonyl (C=O) groups is 2. The quantitative estimate of drug-likeness (QED) is 0.186. The fraction of sp³-hybridized carbons (Fsp3) is 0.393. The predicted octanol–water partition coefficient (Wildman–Crippen LogP) is 4.05. The van der Waals surface area contributed by atoms with E-state index >= 15 is 0 Å². The number of benzene rings is 1. The summed E-state index contributed by atoms with van der Waals surface area (Å²) in [6.45, 7) is 5.52. The van der Waals surface area contributed by atoms with E-state index in [-0.39, 0.29) is 5.15 Å². The second-order valence-corrected chi connectivity index (χ2v) is 10.1. The Bertz CT molecular complexity index is 1300. The minimum atomic E-state index is -1.09. The van der Waals surface area contributed by atoms with Crippen molar-refractivity contribution in [1.82, 2.24) is 20.2 Å². The van der Waals surface area contributed by atoms with Gasteiger partial charge >= 0.3 is 6.09 Å². The van der Waals surface area contributed by atoms with Crippen LogP contribution in [0.3, 0.4) is 0 Å². The molecule has 206 valence electrons. The fourth-order valence-corrected chi connectivity index (χ4v) is 3.39. The zero-order valence-corrected chi connectivity index (χ0v) is 23.8. The number of aromatic nitrogens is 2. The van der Waals surface area contributed by atoms with Crippen LogP contribution in [0.15, 0.2) is 24.4 Å². The van der Waals surface area contributed by atoms with E-state index in [9.17, 15) is 9.59 Å². The van der Waals surface area contributed by atoms with Crippen molar-refractivity contribution in [2.24, 2.45) is 0 Å². The molecule has 10 nitrogen and oxygen atoms in total. The average molecular weight is 552 g/mol. The summed E-state index contributed by atoms with van der Waals surface area (Å²) in [5.41, 5.74) is 2.20. The SMILES string of the molecule is C#C[C@@H](C(=O)NCCCC#Cc1cnc(Nc2ccc(C=N)c(N(C)C)c2)nc1Cl)N(C)C(=O)OC(C)(C)C. The van der Waals surface area contributed by atoms with Crippen molar-refractivity contribution >= 4 is 47.1 Å². The number of hydrogen-bond donors (Lipinski definition) is 3. The lowest BCUT2D eigenvalue weighted by molar-refractivity contribution is -0.124. The summed E-state index contributed by atoms with van der Waals surface area (Å²) in [4.78, 5) is 36.2. The first-order valence-electron chi connectivity index (χ1n) is 12.2. The standard InChI is InChI=1S/C28H34ClN7O3/c1-8-22(36(7)27(38)39-28(2,3)4)25(37)31-15-11-9-10-12-20-18-32-26(34-24(20)29)33-21-14-13-19(17-30)23(16-21)35(5)6/h1,13-14,16-18,22,30H,9,11,15H2,2-7H3,(H,31,37)(H,32,33,34)/t22-/m0/s1. The first-order chi connectivity index (χ1) is 18.4. The third kappa shape index (κ3) is 9.51. The molecule has 1 aromatic heterocycles. The highest BCUT2D eigenvalue weighted by Gasteiger charge is 2.28. The van der Waals surface area contributed by atoms with Crippen molar-refractivity contribution in [1.29, 1.82) is 5.41 Å². The zero-order chi connectivity index (χ0) is 29.2. The van der Waals surface area contributed by atoms with Crippen LogP contribution < -0.4 is 15.5 Å². The van der Waals surface area contributed by atoms with Crippen LogP contribution in [-0.2, 0) is 9.53 Å². The number of amides is 2. The summed E-state index contributed by atoms with van der Waals surface area (Å²) in [7, 11) is 5.23. The van der Waals surface area contributed by atoms with Gasteiger partial charge in [-0.1, -0.05) is 29.4 Å². The van der Waals surface area contributed by atoms with Crippen LogP contribution in [0.25, 0.3) is 0 Å². The first kappa shape index (κ1) is 30.9. The van der Waals surface area contributed by atoms with E-state index < -0.39 is 23.6 Å². The van der Waals surface area contributed by atoms with Crippen LogP contribution in [0.1, 0.15) is 44.7 Å². The summed E-state index contributed by atoms with van der Waals surface area (Å²) in [5.74, 6) is 8.10. The van der Waals surface area contributed by atoms with Crippen LogP contribution in [0, 0.1) is 29.6 Å². The molecule has 0 saturated carbocycles. The highest BCUT2D eigenvalue weighted by atomic mass is 35.5. The number of nitrogens with one attached hydrogen (secondary N) is 3. The molecular formula is C28H34ClN7O3. The number of ether oxygens (including phenoxy) is 1. The zero-order valence-electron chi connectivity index (χ0n) is 23.1. The number of unbranched alkanes of at least 4 members (excludes halogenated alkanes) is 1. The monoisotopic (exact) mass is 551 g/mol. The van der Waals surface area contributed by atoms with Crippen LogP contribution >= 0.6 is 11.6 Å². The Morgan fingerprint density at radius 3 is 2.59 bits per heavy atom. The number of rotatable bonds is 9. The number of halogens is 1. The largest absolute Gasteiger partial charge is 0.444 e. The minimum absolute atomic E-state index is 0.208. The van der Waals surface area contributed by atoms with Crippen molar-refractivity contribution in [3.05, 3.63) is 40.7 Å². The molecule has 39 heavy (non-hydrogen) atoms. The molecule has 0 bridgehead atoms. The number of likely N-dealkylation sites (N-methyl/N-ethyl adjacent to an activating group) is 1. The Hall–Kier alpha value is -4.28. The van der Waals surface area contributed by atoms with E-state index in [2.05, 4.69) is 38.4 Å². The molecule has 0 saturated heterocycles. The van der Waals surface area contributed by atoms with Crippen LogP contribution in [0.5, 0.6) is 0 Å². The molecule has 2 aromatic rings. The van der Waals surface area contributed by atoms with Gasteiger partial charge < -0.3 is 25.7 Å².